The Balaban J connectivity index is 1.43. The van der Waals surface area contributed by atoms with E-state index in [1.165, 1.54) is 11.3 Å². The van der Waals surface area contributed by atoms with E-state index in [-0.39, 0.29) is 29.6 Å². The van der Waals surface area contributed by atoms with Crippen molar-refractivity contribution in [3.63, 3.8) is 0 Å². The van der Waals surface area contributed by atoms with Gasteiger partial charge in [-0.15, -0.1) is 16.4 Å². The first-order valence-electron chi connectivity index (χ1n) is 16.1. The summed E-state index contributed by atoms with van der Waals surface area (Å²) in [6.45, 7) is 13.3. The number of carbonyl (C=O) groups is 1. The number of thiazole rings is 1. The van der Waals surface area contributed by atoms with Crippen LogP contribution >= 0.6 is 11.3 Å². The monoisotopic (exact) mass is 671 g/mol. The lowest BCUT2D eigenvalue weighted by Crippen LogP contribution is -2.34. The predicted molar refractivity (Wildman–Crippen MR) is 183 cm³/mol. The standard InChI is InChI=1S/C35H41N7O3S2/c1-7-24-17-27-30(12-10-16-37-27)47(44,45)41(20-24)21-28-23(4)46-34(38-28)32(35(5,6)31(43)18-25-11-9-15-36-19-25)26-13-14-29-33(22(26)3)39-40-42(29)8-2/h9-16,19,24,32H,7-8,17-18,20-21H2,1-6H3/t24-,32+/m0/s1. The van der Waals surface area contributed by atoms with Gasteiger partial charge in [0.2, 0.25) is 10.0 Å². The number of sulfonamides is 1. The molecule has 1 aliphatic heterocycles. The molecule has 5 aromatic rings. The maximum Gasteiger partial charge on any atom is 0.245 e. The number of aromatic nitrogens is 6. The predicted octanol–water partition coefficient (Wildman–Crippen LogP) is 6.06. The number of hydrogen-bond donors (Lipinski definition) is 0. The molecule has 0 aliphatic carbocycles. The Bertz CT molecular complexity index is 2040. The van der Waals surface area contributed by atoms with Gasteiger partial charge in [0.25, 0.3) is 0 Å². The lowest BCUT2D eigenvalue weighted by atomic mass is 9.70. The number of fused-ring (bicyclic) bond motifs is 2. The zero-order valence-electron chi connectivity index (χ0n) is 27.8. The second kappa shape index (κ2) is 13.0. The average Bonchev–Trinajstić information content (AvgIpc) is 3.62. The number of nitrogens with zero attached hydrogens (tertiary/aromatic N) is 7. The summed E-state index contributed by atoms with van der Waals surface area (Å²) in [5.41, 5.74) is 4.95. The van der Waals surface area contributed by atoms with Crippen molar-refractivity contribution in [3.05, 3.63) is 93.0 Å². The smallest absolute Gasteiger partial charge is 0.245 e. The summed E-state index contributed by atoms with van der Waals surface area (Å²) in [5.74, 6) is -0.206. The Morgan fingerprint density at radius 3 is 2.62 bits per heavy atom. The highest BCUT2D eigenvalue weighted by Crippen LogP contribution is 2.46. The Morgan fingerprint density at radius 1 is 1.11 bits per heavy atom. The van der Waals surface area contributed by atoms with Crippen LogP contribution in [0, 0.1) is 25.2 Å². The van der Waals surface area contributed by atoms with Gasteiger partial charge in [-0.05, 0) is 74.1 Å². The fraction of sp³-hybridized carbons (Fsp3) is 0.429. The van der Waals surface area contributed by atoms with Crippen LogP contribution in [0.5, 0.6) is 0 Å². The van der Waals surface area contributed by atoms with Gasteiger partial charge in [0, 0.05) is 54.3 Å². The van der Waals surface area contributed by atoms with Crippen molar-refractivity contribution in [1.82, 2.24) is 34.3 Å². The van der Waals surface area contributed by atoms with E-state index in [2.05, 4.69) is 33.3 Å². The van der Waals surface area contributed by atoms with Gasteiger partial charge in [-0.3, -0.25) is 14.8 Å². The molecule has 0 unspecified atom stereocenters. The highest BCUT2D eigenvalue weighted by Gasteiger charge is 2.42. The largest absolute Gasteiger partial charge is 0.299 e. The van der Waals surface area contributed by atoms with Gasteiger partial charge < -0.3 is 0 Å². The molecule has 1 aliphatic rings. The maximum atomic E-state index is 14.2. The zero-order valence-corrected chi connectivity index (χ0v) is 29.4. The van der Waals surface area contributed by atoms with Crippen LogP contribution in [0.15, 0.2) is 59.9 Å². The molecule has 0 saturated carbocycles. The molecule has 5 heterocycles. The van der Waals surface area contributed by atoms with E-state index in [0.29, 0.717) is 30.9 Å². The third-order valence-electron chi connectivity index (χ3n) is 9.59. The minimum atomic E-state index is -3.79. The quantitative estimate of drug-likeness (QED) is 0.176. The number of pyridine rings is 2. The van der Waals surface area contributed by atoms with Gasteiger partial charge in [-0.2, -0.15) is 4.31 Å². The van der Waals surface area contributed by atoms with Crippen LogP contribution in [0.1, 0.15) is 78.0 Å². The lowest BCUT2D eigenvalue weighted by molar-refractivity contribution is -0.127. The number of Topliss-reactive ketones (excluding diaryl/α,β-unsaturated/α-hetero) is 1. The normalized spacial score (nSPS) is 17.4. The zero-order chi connectivity index (χ0) is 33.5. The summed E-state index contributed by atoms with van der Waals surface area (Å²) in [7, 11) is -3.79. The van der Waals surface area contributed by atoms with Crippen molar-refractivity contribution >= 4 is 38.2 Å². The van der Waals surface area contributed by atoms with E-state index in [0.717, 1.165) is 44.0 Å². The molecule has 6 rings (SSSR count). The Kier molecular flexibility index (Phi) is 9.12. The van der Waals surface area contributed by atoms with Crippen LogP contribution in [-0.4, -0.2) is 55.0 Å². The molecule has 0 radical (unpaired) electrons. The first-order chi connectivity index (χ1) is 22.4. The SMILES string of the molecule is CC[C@H]1Cc2ncccc2S(=O)(=O)N(Cc2nc([C@@H](c3ccc4c(nnn4CC)c3C)C(C)(C)C(=O)Cc3cccnc3)sc2C)C1. The van der Waals surface area contributed by atoms with Gasteiger partial charge in [-0.25, -0.2) is 18.1 Å². The molecule has 10 nitrogen and oxygen atoms in total. The topological polar surface area (TPSA) is 124 Å². The number of hydrogen-bond acceptors (Lipinski definition) is 9. The molecule has 0 fully saturated rings. The van der Waals surface area contributed by atoms with E-state index < -0.39 is 21.4 Å². The summed E-state index contributed by atoms with van der Waals surface area (Å²) in [4.78, 5) is 29.2. The molecule has 0 bridgehead atoms. The molecule has 0 amide bonds. The van der Waals surface area contributed by atoms with Gasteiger partial charge in [-0.1, -0.05) is 44.5 Å². The molecular formula is C35H41N7O3S2. The van der Waals surface area contributed by atoms with Crippen molar-refractivity contribution in [2.24, 2.45) is 11.3 Å². The average molecular weight is 672 g/mol. The Morgan fingerprint density at radius 2 is 1.89 bits per heavy atom. The van der Waals surface area contributed by atoms with Gasteiger partial charge >= 0.3 is 0 Å². The number of benzene rings is 1. The molecule has 4 aromatic heterocycles. The molecule has 12 heteroatoms. The van der Waals surface area contributed by atoms with Gasteiger partial charge in [0.05, 0.1) is 23.4 Å². The van der Waals surface area contributed by atoms with E-state index in [4.69, 9.17) is 4.98 Å². The summed E-state index contributed by atoms with van der Waals surface area (Å²) in [5, 5.41) is 9.62. The Labute approximate surface area is 280 Å². The first kappa shape index (κ1) is 33.0. The van der Waals surface area contributed by atoms with E-state index >= 15 is 0 Å². The summed E-state index contributed by atoms with van der Waals surface area (Å²) in [6.07, 6.45) is 6.78. The van der Waals surface area contributed by atoms with Crippen LogP contribution in [-0.2, 0) is 40.7 Å². The van der Waals surface area contributed by atoms with E-state index in [9.17, 15) is 13.2 Å². The molecule has 0 N–H and O–H groups in total. The molecule has 0 spiro atoms. The van der Waals surface area contributed by atoms with Crippen LogP contribution in [0.25, 0.3) is 11.0 Å². The molecule has 2 atom stereocenters. The van der Waals surface area contributed by atoms with Crippen molar-refractivity contribution in [2.75, 3.05) is 6.54 Å². The first-order valence-corrected chi connectivity index (χ1v) is 18.4. The molecule has 47 heavy (non-hydrogen) atoms. The van der Waals surface area contributed by atoms with Crippen molar-refractivity contribution in [1.29, 1.82) is 0 Å². The fourth-order valence-electron chi connectivity index (χ4n) is 6.62. The number of carbonyl (C=O) groups excluding carboxylic acids is 1. The van der Waals surface area contributed by atoms with E-state index in [1.807, 2.05) is 57.5 Å². The molecular weight excluding hydrogens is 631 g/mol. The number of ketones is 1. The second-order valence-corrected chi connectivity index (χ2v) is 16.1. The van der Waals surface area contributed by atoms with Crippen molar-refractivity contribution in [2.45, 2.75) is 84.7 Å². The third-order valence-corrected chi connectivity index (χ3v) is 12.6. The highest BCUT2D eigenvalue weighted by atomic mass is 32.2. The third kappa shape index (κ3) is 6.14. The molecule has 246 valence electrons. The van der Waals surface area contributed by atoms with Gasteiger partial charge in [0.1, 0.15) is 21.2 Å². The van der Waals surface area contributed by atoms with Crippen LogP contribution < -0.4 is 0 Å². The lowest BCUT2D eigenvalue weighted by Gasteiger charge is -2.33. The molecule has 1 aromatic carbocycles. The Hall–Kier alpha value is -3.87. The second-order valence-electron chi connectivity index (χ2n) is 12.9. The highest BCUT2D eigenvalue weighted by molar-refractivity contribution is 7.89. The number of rotatable bonds is 10. The van der Waals surface area contributed by atoms with Crippen molar-refractivity contribution < 1.29 is 13.2 Å². The summed E-state index contributed by atoms with van der Waals surface area (Å²) >= 11 is 1.53. The number of aryl methyl sites for hydroxylation is 3. The minimum Gasteiger partial charge on any atom is -0.299 e. The van der Waals surface area contributed by atoms with Crippen LogP contribution in [0.2, 0.25) is 0 Å². The fourth-order valence-corrected chi connectivity index (χ4v) is 9.52. The summed E-state index contributed by atoms with van der Waals surface area (Å²) < 4.78 is 31.4. The van der Waals surface area contributed by atoms with Gasteiger partial charge in [0.15, 0.2) is 0 Å². The minimum absolute atomic E-state index is 0.0617. The van der Waals surface area contributed by atoms with Crippen LogP contribution in [0.4, 0.5) is 0 Å². The molecule has 0 saturated heterocycles. The van der Waals surface area contributed by atoms with E-state index in [1.54, 1.807) is 35.0 Å². The summed E-state index contributed by atoms with van der Waals surface area (Å²) in [6, 6.07) is 11.2. The van der Waals surface area contributed by atoms with Crippen LogP contribution in [0.3, 0.4) is 0 Å². The maximum absolute atomic E-state index is 14.2. The van der Waals surface area contributed by atoms with Crippen molar-refractivity contribution in [3.8, 4) is 0 Å².